The first-order valence-electron chi connectivity index (χ1n) is 20.0. The number of carbonyl (C=O) groups is 4. The number of anilines is 2. The standard InChI is InChI=1S/C41H58F3NO17/c42-41(43,44)33-4-3-5-34(32-33)45-36-7-2-1-6-35(36)40(50)62-31-29-60-27-25-58-23-21-56-19-17-54-15-13-52-11-10-51-12-14-53-16-18-55-20-22-57-24-26-59-28-30-61-38(47)9-8-37(46)39(48)49/h1-7,32,45H,8-31H2,(H,48,49). The van der Waals surface area contributed by atoms with Gasteiger partial charge in [-0.05, 0) is 30.3 Å². The first-order chi connectivity index (χ1) is 30.1. The third kappa shape index (κ3) is 28.3. The molecule has 0 radical (unpaired) electrons. The summed E-state index contributed by atoms with van der Waals surface area (Å²) < 4.78 is 103. The molecule has 0 spiro atoms. The predicted molar refractivity (Wildman–Crippen MR) is 212 cm³/mol. The number of hydrogen-bond donors (Lipinski definition) is 2. The smallest absolute Gasteiger partial charge is 0.416 e. The number of esters is 2. The molecule has 0 bridgehead atoms. The number of hydrogen-bond acceptors (Lipinski definition) is 17. The second-order valence-electron chi connectivity index (χ2n) is 12.5. The van der Waals surface area contributed by atoms with Gasteiger partial charge in [-0.2, -0.15) is 13.2 Å². The topological polar surface area (TPSA) is 211 Å². The van der Waals surface area contributed by atoms with Crippen LogP contribution in [-0.2, 0) is 77.4 Å². The number of ether oxygens (including phenoxy) is 12. The molecule has 0 saturated heterocycles. The Balaban J connectivity index is 1.25. The zero-order valence-electron chi connectivity index (χ0n) is 34.7. The van der Waals surface area contributed by atoms with Gasteiger partial charge >= 0.3 is 24.1 Å². The molecule has 350 valence electrons. The van der Waals surface area contributed by atoms with Gasteiger partial charge < -0.3 is 67.3 Å². The van der Waals surface area contributed by atoms with Gasteiger partial charge in [-0.3, -0.25) is 9.59 Å². The van der Waals surface area contributed by atoms with E-state index in [1.165, 1.54) is 18.2 Å². The van der Waals surface area contributed by atoms with E-state index in [4.69, 9.17) is 61.9 Å². The Morgan fingerprint density at radius 2 is 0.871 bits per heavy atom. The molecule has 21 heteroatoms. The van der Waals surface area contributed by atoms with Crippen molar-refractivity contribution in [1.82, 2.24) is 0 Å². The van der Waals surface area contributed by atoms with E-state index in [-0.39, 0.29) is 50.7 Å². The fourth-order valence-electron chi connectivity index (χ4n) is 4.66. The molecule has 0 heterocycles. The molecule has 0 aliphatic carbocycles. The van der Waals surface area contributed by atoms with Gasteiger partial charge in [0.25, 0.3) is 0 Å². The first kappa shape index (κ1) is 53.8. The van der Waals surface area contributed by atoms with E-state index in [1.807, 2.05) is 0 Å². The van der Waals surface area contributed by atoms with Crippen LogP contribution in [0.3, 0.4) is 0 Å². The number of halogens is 3. The summed E-state index contributed by atoms with van der Waals surface area (Å²) in [5, 5.41) is 11.3. The number of benzene rings is 2. The number of aliphatic carboxylic acids is 1. The maximum absolute atomic E-state index is 13.1. The highest BCUT2D eigenvalue weighted by Gasteiger charge is 2.30. The van der Waals surface area contributed by atoms with Crippen LogP contribution in [0.5, 0.6) is 0 Å². The highest BCUT2D eigenvalue weighted by atomic mass is 19.4. The molecule has 0 aliphatic rings. The summed E-state index contributed by atoms with van der Waals surface area (Å²) in [7, 11) is 0. The molecule has 0 aliphatic heterocycles. The third-order valence-corrected chi connectivity index (χ3v) is 7.71. The van der Waals surface area contributed by atoms with Gasteiger partial charge in [0.15, 0.2) is 0 Å². The summed E-state index contributed by atoms with van der Waals surface area (Å²) in [5.41, 5.74) is -0.136. The number of Topliss-reactive ketones (excluding diaryl/α,β-unsaturated/α-hetero) is 1. The van der Waals surface area contributed by atoms with E-state index in [2.05, 4.69) is 5.32 Å². The second-order valence-corrected chi connectivity index (χ2v) is 12.5. The highest BCUT2D eigenvalue weighted by molar-refractivity contribution is 6.32. The molecule has 0 fully saturated rings. The normalized spacial score (nSPS) is 11.4. The van der Waals surface area contributed by atoms with Gasteiger partial charge in [-0.15, -0.1) is 0 Å². The van der Waals surface area contributed by atoms with Crippen molar-refractivity contribution in [3.8, 4) is 0 Å². The second kappa shape index (κ2) is 35.2. The average Bonchev–Trinajstić information content (AvgIpc) is 3.25. The molecule has 62 heavy (non-hydrogen) atoms. The molecule has 18 nitrogen and oxygen atoms in total. The van der Waals surface area contributed by atoms with Crippen LogP contribution < -0.4 is 5.32 Å². The largest absolute Gasteiger partial charge is 0.476 e. The van der Waals surface area contributed by atoms with E-state index in [1.54, 1.807) is 18.2 Å². The van der Waals surface area contributed by atoms with Crippen molar-refractivity contribution in [2.45, 2.75) is 19.0 Å². The number of carbonyl (C=O) groups excluding carboxylic acids is 3. The van der Waals surface area contributed by atoms with Crippen LogP contribution in [0, 0.1) is 0 Å². The Morgan fingerprint density at radius 1 is 0.484 bits per heavy atom. The van der Waals surface area contributed by atoms with Crippen LogP contribution in [0.15, 0.2) is 48.5 Å². The number of carboxylic acids is 1. The molecule has 0 aromatic heterocycles. The van der Waals surface area contributed by atoms with E-state index >= 15 is 0 Å². The Morgan fingerprint density at radius 3 is 1.27 bits per heavy atom. The zero-order valence-corrected chi connectivity index (χ0v) is 34.7. The van der Waals surface area contributed by atoms with Gasteiger partial charge in [0, 0.05) is 12.1 Å². The molecule has 2 N–H and O–H groups in total. The number of nitrogens with one attached hydrogen (secondary N) is 1. The lowest BCUT2D eigenvalue weighted by atomic mass is 10.1. The van der Waals surface area contributed by atoms with Gasteiger partial charge in [0.2, 0.25) is 5.78 Å². The summed E-state index contributed by atoms with van der Waals surface area (Å²) in [6.07, 6.45) is -5.18. The monoisotopic (exact) mass is 893 g/mol. The summed E-state index contributed by atoms with van der Waals surface area (Å²) in [4.78, 5) is 45.3. The molecular weight excluding hydrogens is 835 g/mol. The van der Waals surface area contributed by atoms with Gasteiger partial charge in [-0.1, -0.05) is 18.2 Å². The van der Waals surface area contributed by atoms with Crippen molar-refractivity contribution in [2.24, 2.45) is 0 Å². The Labute approximate surface area is 358 Å². The van der Waals surface area contributed by atoms with Crippen molar-refractivity contribution >= 4 is 35.1 Å². The van der Waals surface area contributed by atoms with Crippen LogP contribution in [0.4, 0.5) is 24.5 Å². The first-order valence-corrected chi connectivity index (χ1v) is 20.0. The molecule has 2 rings (SSSR count). The molecule has 0 amide bonds. The maximum Gasteiger partial charge on any atom is 0.416 e. The molecule has 2 aromatic carbocycles. The average molecular weight is 894 g/mol. The minimum absolute atomic E-state index is 0.00451. The summed E-state index contributed by atoms with van der Waals surface area (Å²) in [6, 6.07) is 11.1. The van der Waals surface area contributed by atoms with Gasteiger partial charge in [-0.25, -0.2) is 9.59 Å². The Hall–Kier alpha value is -4.29. The van der Waals surface area contributed by atoms with Crippen molar-refractivity contribution in [3.05, 3.63) is 59.7 Å². The molecule has 0 saturated carbocycles. The van der Waals surface area contributed by atoms with Crippen LogP contribution in [0.1, 0.15) is 28.8 Å². The van der Waals surface area contributed by atoms with E-state index < -0.39 is 41.9 Å². The molecule has 2 aromatic rings. The Kier molecular flexibility index (Phi) is 30.6. The summed E-state index contributed by atoms with van der Waals surface area (Å²) in [5.74, 6) is -3.92. The van der Waals surface area contributed by atoms with Crippen molar-refractivity contribution < 1.29 is 94.3 Å². The van der Waals surface area contributed by atoms with Crippen molar-refractivity contribution in [2.75, 3.05) is 151 Å². The van der Waals surface area contributed by atoms with Crippen molar-refractivity contribution in [1.29, 1.82) is 0 Å². The number of ketones is 1. The lowest BCUT2D eigenvalue weighted by Gasteiger charge is -2.13. The Bertz CT molecular complexity index is 1520. The quantitative estimate of drug-likeness (QED) is 0.0554. The lowest BCUT2D eigenvalue weighted by molar-refractivity contribution is -0.151. The fraction of sp³-hybridized carbons (Fsp3) is 0.610. The lowest BCUT2D eigenvalue weighted by Crippen LogP contribution is -2.17. The number of alkyl halides is 3. The number of rotatable bonds is 40. The van der Waals surface area contributed by atoms with Crippen molar-refractivity contribution in [3.63, 3.8) is 0 Å². The maximum atomic E-state index is 13.1. The van der Waals surface area contributed by atoms with Gasteiger partial charge in [0.1, 0.15) is 13.2 Å². The minimum Gasteiger partial charge on any atom is -0.476 e. The molecule has 0 unspecified atom stereocenters. The highest BCUT2D eigenvalue weighted by Crippen LogP contribution is 2.32. The molecular formula is C41H58F3NO17. The SMILES string of the molecule is O=C(CCC(=O)C(=O)O)OCCOCCOCCOCCOCCOCCOCCOCCOCCOCCOCCOC(=O)c1ccccc1Nc1cccc(C(F)(F)F)c1. The number of para-hydroxylation sites is 1. The molecule has 0 atom stereocenters. The predicted octanol–water partition coefficient (Wildman–Crippen LogP) is 3.75. The van der Waals surface area contributed by atoms with E-state index in [0.717, 1.165) is 12.1 Å². The minimum atomic E-state index is -4.49. The van der Waals surface area contributed by atoms with Crippen LogP contribution in [0.2, 0.25) is 0 Å². The van der Waals surface area contributed by atoms with E-state index in [9.17, 15) is 32.3 Å². The third-order valence-electron chi connectivity index (χ3n) is 7.71. The van der Waals surface area contributed by atoms with Crippen LogP contribution >= 0.6 is 0 Å². The van der Waals surface area contributed by atoms with Crippen LogP contribution in [0.25, 0.3) is 0 Å². The zero-order chi connectivity index (χ0) is 44.9. The fourth-order valence-corrected chi connectivity index (χ4v) is 4.66. The van der Waals surface area contributed by atoms with Gasteiger partial charge in [0.05, 0.1) is 155 Å². The number of carboxylic acid groups (broad SMARTS) is 1. The summed E-state index contributed by atoms with van der Waals surface area (Å²) in [6.45, 7) is 7.18. The van der Waals surface area contributed by atoms with E-state index in [0.29, 0.717) is 118 Å². The summed E-state index contributed by atoms with van der Waals surface area (Å²) >= 11 is 0. The van der Waals surface area contributed by atoms with Crippen LogP contribution in [-0.4, -0.2) is 174 Å².